The van der Waals surface area contributed by atoms with Gasteiger partial charge in [0.1, 0.15) is 6.10 Å². The number of unbranched alkanes of at least 4 members (excludes halogenated alkanes) is 1. The fraction of sp³-hybridized carbons (Fsp3) is 0.900. The lowest BCUT2D eigenvalue weighted by molar-refractivity contribution is 0.00585. The van der Waals surface area contributed by atoms with Crippen LogP contribution in [0.25, 0.3) is 0 Å². The van der Waals surface area contributed by atoms with E-state index in [-0.39, 0.29) is 18.7 Å². The third-order valence-electron chi connectivity index (χ3n) is 4.25. The van der Waals surface area contributed by atoms with E-state index in [0.717, 1.165) is 24.7 Å². The third-order valence-corrected chi connectivity index (χ3v) is 4.25. The van der Waals surface area contributed by atoms with Gasteiger partial charge in [-0.1, -0.05) is 58.1 Å². The molecule has 0 heterocycles. The van der Waals surface area contributed by atoms with E-state index in [9.17, 15) is 0 Å². The molecule has 2 atom stereocenters. The highest BCUT2D eigenvalue weighted by atomic mass is 16.5. The van der Waals surface area contributed by atoms with Crippen LogP contribution in [0.5, 0.6) is 0 Å². The maximum absolute atomic E-state index is 9.14. The number of allylic oxidation sites excluding steroid dienone is 2. The molecule has 0 aliphatic carbocycles. The summed E-state index contributed by atoms with van der Waals surface area (Å²) in [5, 5.41) is 17.8. The Bertz CT molecular complexity index is 289. The van der Waals surface area contributed by atoms with E-state index in [1.807, 2.05) is 0 Å². The van der Waals surface area contributed by atoms with Gasteiger partial charge in [-0.2, -0.15) is 0 Å². The maximum atomic E-state index is 9.14. The van der Waals surface area contributed by atoms with Crippen molar-refractivity contribution in [2.75, 3.05) is 19.8 Å². The van der Waals surface area contributed by atoms with Gasteiger partial charge in [0.15, 0.2) is 0 Å². The zero-order valence-corrected chi connectivity index (χ0v) is 16.4. The standard InChI is InChI=1S/C20H40O3.H2O/c1-17(2)9-7-11-19(4)13-8-12-18(3)10-5-6-14-23-16-20(22)15-21;/h10,17,19-22H,5-9,11-16H2,1-4H3;1H2. The Morgan fingerprint density at radius 1 is 1.04 bits per heavy atom. The van der Waals surface area contributed by atoms with E-state index >= 15 is 0 Å². The molecule has 0 aliphatic rings. The van der Waals surface area contributed by atoms with Crippen LogP contribution in [0.2, 0.25) is 0 Å². The fourth-order valence-electron chi connectivity index (χ4n) is 2.66. The number of rotatable bonds is 15. The zero-order chi connectivity index (χ0) is 17.5. The molecule has 0 aromatic carbocycles. The highest BCUT2D eigenvalue weighted by molar-refractivity contribution is 4.97. The van der Waals surface area contributed by atoms with Crippen LogP contribution in [0.4, 0.5) is 0 Å². The first-order valence-electron chi connectivity index (χ1n) is 9.48. The minimum absolute atomic E-state index is 0. The van der Waals surface area contributed by atoms with Gasteiger partial charge < -0.3 is 20.4 Å². The maximum Gasteiger partial charge on any atom is 0.100 e. The van der Waals surface area contributed by atoms with Crippen LogP contribution < -0.4 is 0 Å². The molecular weight excluding hydrogens is 304 g/mol. The first-order chi connectivity index (χ1) is 11.0. The Labute approximate surface area is 149 Å². The zero-order valence-electron chi connectivity index (χ0n) is 16.4. The van der Waals surface area contributed by atoms with E-state index in [4.69, 9.17) is 14.9 Å². The van der Waals surface area contributed by atoms with Crippen molar-refractivity contribution in [3.05, 3.63) is 11.6 Å². The number of hydrogen-bond donors (Lipinski definition) is 2. The van der Waals surface area contributed by atoms with E-state index in [1.165, 1.54) is 44.1 Å². The molecule has 0 aromatic heterocycles. The largest absolute Gasteiger partial charge is 0.412 e. The van der Waals surface area contributed by atoms with E-state index in [0.29, 0.717) is 6.61 Å². The topological polar surface area (TPSA) is 81.2 Å². The van der Waals surface area contributed by atoms with Gasteiger partial charge in [-0.3, -0.25) is 0 Å². The highest BCUT2D eigenvalue weighted by Crippen LogP contribution is 2.19. The first kappa shape index (κ1) is 25.8. The minimum atomic E-state index is -0.741. The molecule has 4 nitrogen and oxygen atoms in total. The minimum Gasteiger partial charge on any atom is -0.412 e. The van der Waals surface area contributed by atoms with Crippen LogP contribution in [-0.2, 0) is 4.74 Å². The van der Waals surface area contributed by atoms with Gasteiger partial charge in [-0.15, -0.1) is 0 Å². The molecule has 0 amide bonds. The summed E-state index contributed by atoms with van der Waals surface area (Å²) in [6.45, 7) is 9.87. The molecule has 0 aliphatic heterocycles. The molecule has 146 valence electrons. The molecular formula is C20H42O4. The fourth-order valence-corrected chi connectivity index (χ4v) is 2.66. The lowest BCUT2D eigenvalue weighted by atomic mass is 9.94. The Kier molecular flexibility index (Phi) is 18.7. The summed E-state index contributed by atoms with van der Waals surface area (Å²) in [7, 11) is 0. The monoisotopic (exact) mass is 346 g/mol. The van der Waals surface area contributed by atoms with Crippen LogP contribution in [0.1, 0.15) is 79.1 Å². The second-order valence-electron chi connectivity index (χ2n) is 7.43. The van der Waals surface area contributed by atoms with Crippen LogP contribution in [0.3, 0.4) is 0 Å². The predicted octanol–water partition coefficient (Wildman–Crippen LogP) is 3.89. The number of aliphatic hydroxyl groups is 2. The van der Waals surface area contributed by atoms with Crippen molar-refractivity contribution < 1.29 is 20.4 Å². The Balaban J connectivity index is 0. The van der Waals surface area contributed by atoms with Gasteiger partial charge >= 0.3 is 0 Å². The lowest BCUT2D eigenvalue weighted by Crippen LogP contribution is -2.19. The summed E-state index contributed by atoms with van der Waals surface area (Å²) in [4.78, 5) is 0. The van der Waals surface area contributed by atoms with Crippen LogP contribution in [-0.4, -0.2) is 41.6 Å². The lowest BCUT2D eigenvalue weighted by Gasteiger charge is -2.12. The Morgan fingerprint density at radius 3 is 2.33 bits per heavy atom. The molecule has 4 N–H and O–H groups in total. The van der Waals surface area contributed by atoms with Gasteiger partial charge in [-0.25, -0.2) is 0 Å². The van der Waals surface area contributed by atoms with Gasteiger partial charge in [0.05, 0.1) is 13.2 Å². The van der Waals surface area contributed by atoms with Gasteiger partial charge in [0.2, 0.25) is 0 Å². The molecule has 0 saturated carbocycles. The van der Waals surface area contributed by atoms with Crippen molar-refractivity contribution in [3.63, 3.8) is 0 Å². The summed E-state index contributed by atoms with van der Waals surface area (Å²) in [5.74, 6) is 1.69. The highest BCUT2D eigenvalue weighted by Gasteiger charge is 2.03. The number of hydrogen-bond acceptors (Lipinski definition) is 3. The second-order valence-corrected chi connectivity index (χ2v) is 7.43. The van der Waals surface area contributed by atoms with Crippen molar-refractivity contribution in [1.29, 1.82) is 0 Å². The van der Waals surface area contributed by atoms with E-state index < -0.39 is 6.10 Å². The smallest absolute Gasteiger partial charge is 0.100 e. The molecule has 0 spiro atoms. The number of ether oxygens (including phenoxy) is 1. The molecule has 0 radical (unpaired) electrons. The van der Waals surface area contributed by atoms with Crippen LogP contribution in [0.15, 0.2) is 11.6 Å². The van der Waals surface area contributed by atoms with Crippen molar-refractivity contribution >= 4 is 0 Å². The summed E-state index contributed by atoms with van der Waals surface area (Å²) < 4.78 is 5.30. The normalized spacial score (nSPS) is 14.5. The van der Waals surface area contributed by atoms with Crippen molar-refractivity contribution in [1.82, 2.24) is 0 Å². The molecule has 0 bridgehead atoms. The van der Waals surface area contributed by atoms with Crippen molar-refractivity contribution in [2.24, 2.45) is 11.8 Å². The molecule has 2 unspecified atom stereocenters. The first-order valence-corrected chi connectivity index (χ1v) is 9.48. The summed E-state index contributed by atoms with van der Waals surface area (Å²) in [6, 6.07) is 0. The summed E-state index contributed by atoms with van der Waals surface area (Å²) in [6.07, 6.45) is 11.5. The van der Waals surface area contributed by atoms with Crippen LogP contribution >= 0.6 is 0 Å². The summed E-state index contributed by atoms with van der Waals surface area (Å²) in [5.41, 5.74) is 1.48. The predicted molar refractivity (Wildman–Crippen MR) is 102 cm³/mol. The molecule has 24 heavy (non-hydrogen) atoms. The van der Waals surface area contributed by atoms with Crippen molar-refractivity contribution in [2.45, 2.75) is 85.2 Å². The van der Waals surface area contributed by atoms with Gasteiger partial charge in [0, 0.05) is 6.61 Å². The second kappa shape index (κ2) is 17.4. The molecule has 0 fully saturated rings. The molecule has 0 saturated heterocycles. The van der Waals surface area contributed by atoms with Gasteiger partial charge in [0.25, 0.3) is 0 Å². The quantitative estimate of drug-likeness (QED) is 0.349. The van der Waals surface area contributed by atoms with Crippen molar-refractivity contribution in [3.8, 4) is 0 Å². The average Bonchev–Trinajstić information content (AvgIpc) is 2.50. The Morgan fingerprint density at radius 2 is 1.71 bits per heavy atom. The van der Waals surface area contributed by atoms with E-state index in [2.05, 4.69) is 33.8 Å². The molecule has 4 heteroatoms. The molecule has 0 rings (SSSR count). The van der Waals surface area contributed by atoms with E-state index in [1.54, 1.807) is 0 Å². The third kappa shape index (κ3) is 17.9. The average molecular weight is 347 g/mol. The molecule has 0 aromatic rings. The van der Waals surface area contributed by atoms with Crippen LogP contribution in [0, 0.1) is 11.8 Å². The Hall–Kier alpha value is -0.420. The SMILES string of the molecule is CC(=CCCCOCC(O)CO)CCCC(C)CCCC(C)C.O. The number of aliphatic hydroxyl groups excluding tert-OH is 2. The van der Waals surface area contributed by atoms with Gasteiger partial charge in [-0.05, 0) is 44.4 Å². The summed E-state index contributed by atoms with van der Waals surface area (Å²) >= 11 is 0.